The minimum absolute atomic E-state index is 0.136. The summed E-state index contributed by atoms with van der Waals surface area (Å²) in [5.74, 6) is 0.528. The van der Waals surface area contributed by atoms with Gasteiger partial charge in [0.2, 0.25) is 5.91 Å². The first-order valence-corrected chi connectivity index (χ1v) is 7.23. The fourth-order valence-corrected chi connectivity index (χ4v) is 2.56. The van der Waals surface area contributed by atoms with E-state index in [9.17, 15) is 9.90 Å². The Kier molecular flexibility index (Phi) is 5.18. The number of hydrogen-bond donors (Lipinski definition) is 2. The van der Waals surface area contributed by atoms with Crippen molar-refractivity contribution in [3.05, 3.63) is 29.8 Å². The molecule has 0 aliphatic heterocycles. The van der Waals surface area contributed by atoms with E-state index in [1.54, 1.807) is 24.3 Å². The summed E-state index contributed by atoms with van der Waals surface area (Å²) >= 11 is 0. The molecular formula is C16H20N2O3. The molecule has 1 saturated carbocycles. The summed E-state index contributed by atoms with van der Waals surface area (Å²) in [5.41, 5.74) is -0.224. The molecule has 112 valence electrons. The molecule has 1 aromatic rings. The van der Waals surface area contributed by atoms with Crippen molar-refractivity contribution in [2.45, 2.75) is 37.7 Å². The Bertz CT molecular complexity index is 513. The summed E-state index contributed by atoms with van der Waals surface area (Å²) in [5, 5.41) is 21.6. The maximum absolute atomic E-state index is 11.7. The number of nitriles is 1. The highest BCUT2D eigenvalue weighted by atomic mass is 16.5. The van der Waals surface area contributed by atoms with Crippen LogP contribution in [0.2, 0.25) is 0 Å². The largest absolute Gasteiger partial charge is 0.492 e. The van der Waals surface area contributed by atoms with Crippen LogP contribution in [0.5, 0.6) is 5.75 Å². The van der Waals surface area contributed by atoms with Gasteiger partial charge in [-0.1, -0.05) is 12.8 Å². The standard InChI is InChI=1S/C16H20N2O3/c17-12-13-3-5-14(6-4-13)21-10-9-18-15(19)11-16(20)7-1-2-8-16/h3-6,20H,1-2,7-11H2,(H,18,19). The summed E-state index contributed by atoms with van der Waals surface area (Å²) < 4.78 is 5.46. The number of amides is 1. The highest BCUT2D eigenvalue weighted by molar-refractivity contribution is 5.77. The number of benzene rings is 1. The van der Waals surface area contributed by atoms with E-state index in [2.05, 4.69) is 5.32 Å². The fourth-order valence-electron chi connectivity index (χ4n) is 2.56. The van der Waals surface area contributed by atoms with Crippen LogP contribution in [0.4, 0.5) is 0 Å². The maximum atomic E-state index is 11.7. The van der Waals surface area contributed by atoms with Crippen LogP contribution in [0.25, 0.3) is 0 Å². The number of nitrogens with zero attached hydrogens (tertiary/aromatic N) is 1. The number of carbonyl (C=O) groups is 1. The number of carbonyl (C=O) groups excluding carboxylic acids is 1. The summed E-state index contributed by atoms with van der Waals surface area (Å²) in [7, 11) is 0. The zero-order valence-corrected chi connectivity index (χ0v) is 12.0. The van der Waals surface area contributed by atoms with E-state index in [1.807, 2.05) is 6.07 Å². The van der Waals surface area contributed by atoms with Crippen molar-refractivity contribution in [3.8, 4) is 11.8 Å². The summed E-state index contributed by atoms with van der Waals surface area (Å²) in [6, 6.07) is 8.85. The molecule has 1 amide bonds. The molecule has 1 aromatic carbocycles. The third-order valence-electron chi connectivity index (χ3n) is 3.70. The predicted molar refractivity (Wildman–Crippen MR) is 77.7 cm³/mol. The second kappa shape index (κ2) is 7.09. The second-order valence-corrected chi connectivity index (χ2v) is 5.44. The van der Waals surface area contributed by atoms with E-state index in [0.29, 0.717) is 37.3 Å². The number of nitrogens with one attached hydrogen (secondary N) is 1. The Hall–Kier alpha value is -2.06. The third-order valence-corrected chi connectivity index (χ3v) is 3.70. The van der Waals surface area contributed by atoms with E-state index >= 15 is 0 Å². The van der Waals surface area contributed by atoms with Crippen molar-refractivity contribution in [3.63, 3.8) is 0 Å². The molecule has 1 aliphatic rings. The smallest absolute Gasteiger partial charge is 0.223 e. The average molecular weight is 288 g/mol. The van der Waals surface area contributed by atoms with Gasteiger partial charge in [0.1, 0.15) is 12.4 Å². The molecule has 0 unspecified atom stereocenters. The fraction of sp³-hybridized carbons (Fsp3) is 0.500. The topological polar surface area (TPSA) is 82.3 Å². The van der Waals surface area contributed by atoms with E-state index in [1.165, 1.54) is 0 Å². The number of ether oxygens (including phenoxy) is 1. The Morgan fingerprint density at radius 1 is 1.33 bits per heavy atom. The maximum Gasteiger partial charge on any atom is 0.223 e. The van der Waals surface area contributed by atoms with Gasteiger partial charge in [-0.3, -0.25) is 4.79 Å². The number of hydrogen-bond acceptors (Lipinski definition) is 4. The molecule has 1 fully saturated rings. The van der Waals surface area contributed by atoms with Crippen molar-refractivity contribution in [2.24, 2.45) is 0 Å². The van der Waals surface area contributed by atoms with E-state index in [0.717, 1.165) is 12.8 Å². The molecule has 0 heterocycles. The van der Waals surface area contributed by atoms with Gasteiger partial charge in [0, 0.05) is 0 Å². The van der Waals surface area contributed by atoms with Crippen molar-refractivity contribution < 1.29 is 14.6 Å². The highest BCUT2D eigenvalue weighted by Gasteiger charge is 2.33. The van der Waals surface area contributed by atoms with E-state index in [-0.39, 0.29) is 12.3 Å². The Labute approximate surface area is 124 Å². The van der Waals surface area contributed by atoms with Crippen LogP contribution >= 0.6 is 0 Å². The van der Waals surface area contributed by atoms with E-state index in [4.69, 9.17) is 10.00 Å². The average Bonchev–Trinajstić information content (AvgIpc) is 2.90. The molecular weight excluding hydrogens is 268 g/mol. The van der Waals surface area contributed by atoms with Crippen molar-refractivity contribution in [1.29, 1.82) is 5.26 Å². The molecule has 0 atom stereocenters. The molecule has 5 nitrogen and oxygen atoms in total. The van der Waals surface area contributed by atoms with Gasteiger partial charge in [-0.15, -0.1) is 0 Å². The van der Waals surface area contributed by atoms with Gasteiger partial charge in [-0.05, 0) is 37.1 Å². The minimum Gasteiger partial charge on any atom is -0.492 e. The van der Waals surface area contributed by atoms with Crippen LogP contribution in [-0.2, 0) is 4.79 Å². The van der Waals surface area contributed by atoms with Gasteiger partial charge >= 0.3 is 0 Å². The van der Waals surface area contributed by atoms with Gasteiger partial charge in [0.05, 0.1) is 30.2 Å². The summed E-state index contributed by atoms with van der Waals surface area (Å²) in [6.45, 7) is 0.755. The molecule has 2 rings (SSSR count). The molecule has 21 heavy (non-hydrogen) atoms. The normalized spacial score (nSPS) is 16.2. The van der Waals surface area contributed by atoms with Crippen molar-refractivity contribution in [1.82, 2.24) is 5.32 Å². The second-order valence-electron chi connectivity index (χ2n) is 5.44. The first kappa shape index (κ1) is 15.3. The van der Waals surface area contributed by atoms with E-state index < -0.39 is 5.60 Å². The van der Waals surface area contributed by atoms with Gasteiger partial charge in [0.15, 0.2) is 0 Å². The van der Waals surface area contributed by atoms with Gasteiger partial charge in [-0.25, -0.2) is 0 Å². The Morgan fingerprint density at radius 2 is 2.00 bits per heavy atom. The van der Waals surface area contributed by atoms with Crippen molar-refractivity contribution >= 4 is 5.91 Å². The van der Waals surface area contributed by atoms with Crippen LogP contribution in [0.3, 0.4) is 0 Å². The molecule has 5 heteroatoms. The molecule has 0 spiro atoms. The van der Waals surface area contributed by atoms with Gasteiger partial charge in [0.25, 0.3) is 0 Å². The lowest BCUT2D eigenvalue weighted by atomic mass is 9.98. The number of rotatable bonds is 6. The highest BCUT2D eigenvalue weighted by Crippen LogP contribution is 2.32. The predicted octanol–water partition coefficient (Wildman–Crippen LogP) is 1.75. The molecule has 0 radical (unpaired) electrons. The molecule has 0 aromatic heterocycles. The van der Waals surface area contributed by atoms with Gasteiger partial charge in [-0.2, -0.15) is 5.26 Å². The van der Waals surface area contributed by atoms with Crippen LogP contribution < -0.4 is 10.1 Å². The van der Waals surface area contributed by atoms with Crippen LogP contribution in [-0.4, -0.2) is 29.8 Å². The zero-order chi connectivity index (χ0) is 15.1. The third kappa shape index (κ3) is 4.76. The van der Waals surface area contributed by atoms with Crippen molar-refractivity contribution in [2.75, 3.05) is 13.2 Å². The first-order valence-electron chi connectivity index (χ1n) is 7.23. The first-order chi connectivity index (χ1) is 10.1. The quantitative estimate of drug-likeness (QED) is 0.781. The lowest BCUT2D eigenvalue weighted by Crippen LogP contribution is -2.36. The van der Waals surface area contributed by atoms with Crippen LogP contribution in [0.1, 0.15) is 37.7 Å². The number of aliphatic hydroxyl groups is 1. The summed E-state index contributed by atoms with van der Waals surface area (Å²) in [4.78, 5) is 11.7. The lowest BCUT2D eigenvalue weighted by molar-refractivity contribution is -0.126. The molecule has 1 aliphatic carbocycles. The Morgan fingerprint density at radius 3 is 2.62 bits per heavy atom. The van der Waals surface area contributed by atoms with Gasteiger partial charge < -0.3 is 15.2 Å². The Balaban J connectivity index is 1.64. The molecule has 0 bridgehead atoms. The minimum atomic E-state index is -0.807. The molecule has 2 N–H and O–H groups in total. The molecule has 0 saturated heterocycles. The van der Waals surface area contributed by atoms with Crippen LogP contribution in [0.15, 0.2) is 24.3 Å². The summed E-state index contributed by atoms with van der Waals surface area (Å²) in [6.07, 6.45) is 3.57. The monoisotopic (exact) mass is 288 g/mol. The zero-order valence-electron chi connectivity index (χ0n) is 12.0. The van der Waals surface area contributed by atoms with Crippen LogP contribution in [0, 0.1) is 11.3 Å². The SMILES string of the molecule is N#Cc1ccc(OCCNC(=O)CC2(O)CCCC2)cc1. The lowest BCUT2D eigenvalue weighted by Gasteiger charge is -2.21.